The van der Waals surface area contributed by atoms with Gasteiger partial charge < -0.3 is 10.7 Å². The second-order valence-corrected chi connectivity index (χ2v) is 6.54. The van der Waals surface area contributed by atoms with Crippen LogP contribution in [-0.4, -0.2) is 20.2 Å². The molecule has 7 heteroatoms. The molecule has 0 fully saturated rings. The van der Waals surface area contributed by atoms with Gasteiger partial charge in [0, 0.05) is 16.8 Å². The molecule has 6 nitrogen and oxygen atoms in total. The maximum absolute atomic E-state index is 12.5. The Kier molecular flexibility index (Phi) is 4.28. The zero-order chi connectivity index (χ0) is 18.1. The number of nitrogens with zero attached hydrogens (tertiary/aromatic N) is 2. The lowest BCUT2D eigenvalue weighted by Crippen LogP contribution is -2.21. The lowest BCUT2D eigenvalue weighted by molar-refractivity contribution is 0.668. The zero-order valence-electron chi connectivity index (χ0n) is 13.7. The van der Waals surface area contributed by atoms with E-state index in [4.69, 9.17) is 17.3 Å². The minimum absolute atomic E-state index is 0.207. The first-order valence-corrected chi connectivity index (χ1v) is 8.51. The number of benzene rings is 2. The van der Waals surface area contributed by atoms with Crippen LogP contribution in [0.2, 0.25) is 5.02 Å². The van der Waals surface area contributed by atoms with Crippen molar-refractivity contribution in [2.45, 2.75) is 12.5 Å². The van der Waals surface area contributed by atoms with Crippen molar-refractivity contribution < 1.29 is 0 Å². The summed E-state index contributed by atoms with van der Waals surface area (Å²) in [5, 5.41) is 7.89. The summed E-state index contributed by atoms with van der Waals surface area (Å²) < 4.78 is 0. The standard InChI is InChI=1S/C19H16ClN5O/c20-14-4-1-11(2-5-14)7-16(21)18-24-17-6-3-12(13-9-22-23-10-13)8-15(17)19(26)25-18/h1-6,8-10,16H,7,21H2,(H,22,23)(H,24,25,26)/t16-/m1/s1. The van der Waals surface area contributed by atoms with Crippen molar-refractivity contribution >= 4 is 22.5 Å². The molecule has 0 unspecified atom stereocenters. The van der Waals surface area contributed by atoms with Crippen LogP contribution < -0.4 is 11.3 Å². The molecule has 26 heavy (non-hydrogen) atoms. The van der Waals surface area contributed by atoms with E-state index >= 15 is 0 Å². The fraction of sp³-hybridized carbons (Fsp3) is 0.105. The van der Waals surface area contributed by atoms with Crippen LogP contribution >= 0.6 is 11.6 Å². The predicted octanol–water partition coefficient (Wildman–Crippen LogP) is 3.21. The third-order valence-electron chi connectivity index (χ3n) is 4.28. The third kappa shape index (κ3) is 3.24. The number of aromatic amines is 2. The Bertz CT molecular complexity index is 1100. The van der Waals surface area contributed by atoms with Crippen molar-refractivity contribution in [1.82, 2.24) is 20.2 Å². The van der Waals surface area contributed by atoms with Crippen LogP contribution in [-0.2, 0) is 6.42 Å². The molecule has 0 saturated carbocycles. The lowest BCUT2D eigenvalue weighted by atomic mass is 10.0. The molecule has 0 spiro atoms. The molecule has 0 aliphatic heterocycles. The number of hydrogen-bond donors (Lipinski definition) is 3. The van der Waals surface area contributed by atoms with Gasteiger partial charge in [-0.2, -0.15) is 5.10 Å². The van der Waals surface area contributed by atoms with Crippen LogP contribution in [0.5, 0.6) is 0 Å². The van der Waals surface area contributed by atoms with Crippen molar-refractivity contribution in [3.63, 3.8) is 0 Å². The Balaban J connectivity index is 1.67. The average Bonchev–Trinajstić information content (AvgIpc) is 3.18. The number of rotatable bonds is 4. The van der Waals surface area contributed by atoms with Gasteiger partial charge in [0.15, 0.2) is 0 Å². The molecular formula is C19H16ClN5O. The number of nitrogens with one attached hydrogen (secondary N) is 2. The van der Waals surface area contributed by atoms with Crippen LogP contribution in [0.3, 0.4) is 0 Å². The molecule has 0 bridgehead atoms. The first-order valence-electron chi connectivity index (χ1n) is 8.13. The molecule has 1 atom stereocenters. The Morgan fingerprint density at radius 3 is 2.65 bits per heavy atom. The van der Waals surface area contributed by atoms with Crippen molar-refractivity contribution in [2.75, 3.05) is 0 Å². The quantitative estimate of drug-likeness (QED) is 0.517. The highest BCUT2D eigenvalue weighted by Gasteiger charge is 2.13. The van der Waals surface area contributed by atoms with Crippen LogP contribution in [0.25, 0.3) is 22.0 Å². The number of aromatic nitrogens is 4. The topological polar surface area (TPSA) is 100 Å². The fourth-order valence-electron chi connectivity index (χ4n) is 2.89. The molecule has 0 aliphatic carbocycles. The van der Waals surface area contributed by atoms with Crippen LogP contribution in [0.1, 0.15) is 17.4 Å². The third-order valence-corrected chi connectivity index (χ3v) is 4.53. The second-order valence-electron chi connectivity index (χ2n) is 6.11. The molecule has 2 heterocycles. The number of halogens is 1. The van der Waals surface area contributed by atoms with Gasteiger partial charge in [-0.3, -0.25) is 9.89 Å². The number of H-pyrrole nitrogens is 2. The SMILES string of the molecule is N[C@H](Cc1ccc(Cl)cc1)c1nc2ccc(-c3cn[nH]c3)cc2c(=O)[nH]1. The highest BCUT2D eigenvalue weighted by atomic mass is 35.5. The lowest BCUT2D eigenvalue weighted by Gasteiger charge is -2.12. The monoisotopic (exact) mass is 365 g/mol. The zero-order valence-corrected chi connectivity index (χ0v) is 14.5. The fourth-order valence-corrected chi connectivity index (χ4v) is 3.02. The molecule has 0 saturated heterocycles. The largest absolute Gasteiger partial charge is 0.321 e. The van der Waals surface area contributed by atoms with Gasteiger partial charge in [-0.25, -0.2) is 4.98 Å². The summed E-state index contributed by atoms with van der Waals surface area (Å²) >= 11 is 5.90. The molecule has 0 radical (unpaired) electrons. The maximum atomic E-state index is 12.5. The molecule has 2 aromatic heterocycles. The van der Waals surface area contributed by atoms with Gasteiger partial charge in [0.2, 0.25) is 0 Å². The predicted molar refractivity (Wildman–Crippen MR) is 102 cm³/mol. The summed E-state index contributed by atoms with van der Waals surface area (Å²) in [7, 11) is 0. The average molecular weight is 366 g/mol. The first-order chi connectivity index (χ1) is 12.6. The molecule has 130 valence electrons. The van der Waals surface area contributed by atoms with E-state index in [1.165, 1.54) is 0 Å². The molecule has 2 aromatic carbocycles. The summed E-state index contributed by atoms with van der Waals surface area (Å²) in [5.41, 5.74) is 9.50. The highest BCUT2D eigenvalue weighted by Crippen LogP contribution is 2.22. The second kappa shape index (κ2) is 6.74. The number of hydrogen-bond acceptors (Lipinski definition) is 4. The summed E-state index contributed by atoms with van der Waals surface area (Å²) in [6.07, 6.45) is 4.04. The molecule has 4 N–H and O–H groups in total. The van der Waals surface area contributed by atoms with Gasteiger partial charge in [0.25, 0.3) is 5.56 Å². The van der Waals surface area contributed by atoms with Crippen LogP contribution in [0, 0.1) is 0 Å². The van der Waals surface area contributed by atoms with Crippen molar-refractivity contribution in [2.24, 2.45) is 5.73 Å². The highest BCUT2D eigenvalue weighted by molar-refractivity contribution is 6.30. The maximum Gasteiger partial charge on any atom is 0.258 e. The Morgan fingerprint density at radius 2 is 1.92 bits per heavy atom. The summed E-state index contributed by atoms with van der Waals surface area (Å²) in [6.45, 7) is 0. The summed E-state index contributed by atoms with van der Waals surface area (Å²) in [4.78, 5) is 19.9. The Morgan fingerprint density at radius 1 is 1.12 bits per heavy atom. The van der Waals surface area contributed by atoms with E-state index in [2.05, 4.69) is 20.2 Å². The van der Waals surface area contributed by atoms with Gasteiger partial charge >= 0.3 is 0 Å². The number of fused-ring (bicyclic) bond motifs is 1. The molecule has 4 aromatic rings. The van der Waals surface area contributed by atoms with Gasteiger partial charge in [-0.05, 0) is 41.8 Å². The van der Waals surface area contributed by atoms with Gasteiger partial charge in [-0.15, -0.1) is 0 Å². The Labute approximate surface area is 154 Å². The molecule has 4 rings (SSSR count). The van der Waals surface area contributed by atoms with E-state index in [-0.39, 0.29) is 5.56 Å². The minimum atomic E-state index is -0.415. The minimum Gasteiger partial charge on any atom is -0.321 e. The number of nitrogens with two attached hydrogens (primary N) is 1. The first kappa shape index (κ1) is 16.5. The molecule has 0 aliphatic rings. The summed E-state index contributed by atoms with van der Waals surface area (Å²) in [6, 6.07) is 12.6. The van der Waals surface area contributed by atoms with E-state index < -0.39 is 6.04 Å². The normalized spacial score (nSPS) is 12.4. The van der Waals surface area contributed by atoms with Gasteiger partial charge in [0.05, 0.1) is 23.1 Å². The summed E-state index contributed by atoms with van der Waals surface area (Å²) in [5.74, 6) is 0.466. The van der Waals surface area contributed by atoms with Crippen LogP contribution in [0.15, 0.2) is 59.7 Å². The van der Waals surface area contributed by atoms with Crippen molar-refractivity contribution in [1.29, 1.82) is 0 Å². The molecule has 0 amide bonds. The van der Waals surface area contributed by atoms with Gasteiger partial charge in [-0.1, -0.05) is 29.8 Å². The van der Waals surface area contributed by atoms with E-state index in [1.54, 1.807) is 18.5 Å². The van der Waals surface area contributed by atoms with E-state index in [9.17, 15) is 4.79 Å². The van der Waals surface area contributed by atoms with E-state index in [1.807, 2.05) is 36.4 Å². The van der Waals surface area contributed by atoms with E-state index in [0.717, 1.165) is 16.7 Å². The van der Waals surface area contributed by atoms with Crippen molar-refractivity contribution in [3.8, 4) is 11.1 Å². The van der Waals surface area contributed by atoms with Gasteiger partial charge in [0.1, 0.15) is 5.82 Å². The smallest absolute Gasteiger partial charge is 0.258 e. The van der Waals surface area contributed by atoms with E-state index in [0.29, 0.717) is 28.2 Å². The van der Waals surface area contributed by atoms with Crippen LogP contribution in [0.4, 0.5) is 0 Å². The Hall–Kier alpha value is -2.96. The molecular weight excluding hydrogens is 350 g/mol. The van der Waals surface area contributed by atoms with Crippen molar-refractivity contribution in [3.05, 3.63) is 81.6 Å².